The lowest BCUT2D eigenvalue weighted by Gasteiger charge is -2.09. The van der Waals surface area contributed by atoms with Gasteiger partial charge in [-0.3, -0.25) is 9.89 Å². The molecule has 0 saturated heterocycles. The summed E-state index contributed by atoms with van der Waals surface area (Å²) in [6.45, 7) is 4.52. The lowest BCUT2D eigenvalue weighted by Crippen LogP contribution is -2.13. The lowest BCUT2D eigenvalue weighted by atomic mass is 10.1. The van der Waals surface area contributed by atoms with E-state index in [1.54, 1.807) is 30.5 Å². The van der Waals surface area contributed by atoms with Crippen molar-refractivity contribution in [2.75, 3.05) is 5.32 Å². The molecular weight excluding hydrogens is 374 g/mol. The molecule has 0 spiro atoms. The highest BCUT2D eigenvalue weighted by Gasteiger charge is 2.13. The molecule has 2 aromatic carbocycles. The second kappa shape index (κ2) is 7.77. The number of benzene rings is 2. The van der Waals surface area contributed by atoms with Crippen molar-refractivity contribution in [1.29, 1.82) is 0 Å². The van der Waals surface area contributed by atoms with Crippen LogP contribution in [0.15, 0.2) is 48.7 Å². The van der Waals surface area contributed by atoms with Crippen LogP contribution in [0.5, 0.6) is 5.75 Å². The van der Waals surface area contributed by atoms with Gasteiger partial charge >= 0.3 is 0 Å². The molecule has 2 aromatic heterocycles. The zero-order chi connectivity index (χ0) is 19.5. The summed E-state index contributed by atoms with van der Waals surface area (Å²) in [6.07, 6.45) is 1.73. The predicted octanol–water partition coefficient (Wildman–Crippen LogP) is 4.37. The second-order valence-electron chi connectivity index (χ2n) is 6.71. The maximum absolute atomic E-state index is 12.5. The van der Waals surface area contributed by atoms with E-state index in [1.165, 1.54) is 11.7 Å². The monoisotopic (exact) mass is 393 g/mol. The number of ether oxygens (including phenoxy) is 1. The quantitative estimate of drug-likeness (QED) is 0.507. The van der Waals surface area contributed by atoms with E-state index in [2.05, 4.69) is 38.1 Å². The summed E-state index contributed by atoms with van der Waals surface area (Å²) in [4.78, 5) is 12.5. The Labute approximate surface area is 166 Å². The Hall–Kier alpha value is -3.26. The molecule has 0 fully saturated rings. The number of aromatic nitrogens is 4. The van der Waals surface area contributed by atoms with E-state index < -0.39 is 0 Å². The number of H-pyrrole nitrogens is 1. The molecule has 2 N–H and O–H groups in total. The standard InChI is InChI=1S/C20H19N5O2S/c1-12(2)16-10-21-23-19(16)22-20(26)14-4-6-15(7-5-14)27-11-13-3-8-17-18(9-13)25-28-24-17/h3-10,12H,11H2,1-2H3,(H2,21,22,23,26). The minimum Gasteiger partial charge on any atom is -0.489 e. The Morgan fingerprint density at radius 3 is 2.71 bits per heavy atom. The fraction of sp³-hybridized carbons (Fsp3) is 0.200. The van der Waals surface area contributed by atoms with E-state index in [0.29, 0.717) is 23.7 Å². The van der Waals surface area contributed by atoms with E-state index in [4.69, 9.17) is 4.74 Å². The summed E-state index contributed by atoms with van der Waals surface area (Å²) in [7, 11) is 0. The highest BCUT2D eigenvalue weighted by Crippen LogP contribution is 2.22. The zero-order valence-corrected chi connectivity index (χ0v) is 16.3. The van der Waals surface area contributed by atoms with Gasteiger partial charge in [0.1, 0.15) is 29.2 Å². The van der Waals surface area contributed by atoms with Gasteiger partial charge in [-0.2, -0.15) is 13.8 Å². The number of nitrogens with zero attached hydrogens (tertiary/aromatic N) is 3. The van der Waals surface area contributed by atoms with Crippen LogP contribution >= 0.6 is 11.7 Å². The third-order valence-corrected chi connectivity index (χ3v) is 4.93. The van der Waals surface area contributed by atoms with Crippen molar-refractivity contribution in [3.8, 4) is 5.75 Å². The van der Waals surface area contributed by atoms with Gasteiger partial charge in [0.15, 0.2) is 0 Å². The van der Waals surface area contributed by atoms with Crippen molar-refractivity contribution in [3.63, 3.8) is 0 Å². The third-order valence-electron chi connectivity index (χ3n) is 4.37. The molecule has 142 valence electrons. The molecule has 0 aliphatic carbocycles. The first-order valence-electron chi connectivity index (χ1n) is 8.89. The highest BCUT2D eigenvalue weighted by molar-refractivity contribution is 7.00. The molecular formula is C20H19N5O2S. The first-order chi connectivity index (χ1) is 13.6. The van der Waals surface area contributed by atoms with Crippen LogP contribution in [0.25, 0.3) is 11.0 Å². The molecule has 4 rings (SSSR count). The molecule has 8 heteroatoms. The Morgan fingerprint density at radius 2 is 1.93 bits per heavy atom. The summed E-state index contributed by atoms with van der Waals surface area (Å²) >= 11 is 1.20. The lowest BCUT2D eigenvalue weighted by molar-refractivity contribution is 0.102. The Kier molecular flexibility index (Phi) is 5.03. The van der Waals surface area contributed by atoms with Gasteiger partial charge in [-0.25, -0.2) is 0 Å². The maximum atomic E-state index is 12.5. The topological polar surface area (TPSA) is 92.8 Å². The number of hydrogen-bond donors (Lipinski definition) is 2. The smallest absolute Gasteiger partial charge is 0.256 e. The fourth-order valence-corrected chi connectivity index (χ4v) is 3.32. The fourth-order valence-electron chi connectivity index (χ4n) is 2.81. The van der Waals surface area contributed by atoms with Crippen molar-refractivity contribution in [2.45, 2.75) is 26.4 Å². The van der Waals surface area contributed by atoms with Crippen LogP contribution in [0.4, 0.5) is 5.82 Å². The first-order valence-corrected chi connectivity index (χ1v) is 9.62. The van der Waals surface area contributed by atoms with Gasteiger partial charge in [0.05, 0.1) is 17.9 Å². The minimum atomic E-state index is -0.195. The molecule has 0 bridgehead atoms. The second-order valence-corrected chi connectivity index (χ2v) is 7.24. The van der Waals surface area contributed by atoms with Gasteiger partial charge in [0.25, 0.3) is 5.91 Å². The normalized spacial score (nSPS) is 11.1. The van der Waals surface area contributed by atoms with Crippen LogP contribution in [-0.2, 0) is 6.61 Å². The van der Waals surface area contributed by atoms with Gasteiger partial charge in [-0.1, -0.05) is 19.9 Å². The average molecular weight is 393 g/mol. The van der Waals surface area contributed by atoms with Crippen molar-refractivity contribution in [3.05, 3.63) is 65.4 Å². The van der Waals surface area contributed by atoms with E-state index in [9.17, 15) is 4.79 Å². The van der Waals surface area contributed by atoms with Gasteiger partial charge < -0.3 is 10.1 Å². The van der Waals surface area contributed by atoms with E-state index in [0.717, 1.165) is 22.2 Å². The number of hydrogen-bond acceptors (Lipinski definition) is 6. The number of amides is 1. The Bertz CT molecular complexity index is 1100. The third kappa shape index (κ3) is 3.86. The molecule has 4 aromatic rings. The summed E-state index contributed by atoms with van der Waals surface area (Å²) in [5.41, 5.74) is 4.30. The van der Waals surface area contributed by atoms with Gasteiger partial charge in [-0.05, 0) is 47.9 Å². The number of carbonyl (C=O) groups is 1. The average Bonchev–Trinajstić information content (AvgIpc) is 3.35. The van der Waals surface area contributed by atoms with E-state index >= 15 is 0 Å². The zero-order valence-electron chi connectivity index (χ0n) is 15.5. The van der Waals surface area contributed by atoms with Gasteiger partial charge in [-0.15, -0.1) is 0 Å². The molecule has 0 aliphatic heterocycles. The van der Waals surface area contributed by atoms with E-state index in [1.807, 2.05) is 18.2 Å². The maximum Gasteiger partial charge on any atom is 0.256 e. The highest BCUT2D eigenvalue weighted by atomic mass is 32.1. The Balaban J connectivity index is 1.39. The molecule has 0 radical (unpaired) electrons. The SMILES string of the molecule is CC(C)c1cn[nH]c1NC(=O)c1ccc(OCc2ccc3nsnc3c2)cc1. The van der Waals surface area contributed by atoms with Crippen molar-refractivity contribution >= 4 is 34.5 Å². The molecule has 0 saturated carbocycles. The number of nitrogens with one attached hydrogen (secondary N) is 2. The van der Waals surface area contributed by atoms with Gasteiger partial charge in [0.2, 0.25) is 0 Å². The molecule has 2 heterocycles. The Morgan fingerprint density at radius 1 is 1.14 bits per heavy atom. The number of rotatable bonds is 6. The van der Waals surface area contributed by atoms with Crippen LogP contribution in [0.2, 0.25) is 0 Å². The van der Waals surface area contributed by atoms with E-state index in [-0.39, 0.29) is 11.8 Å². The van der Waals surface area contributed by atoms with Gasteiger partial charge in [0, 0.05) is 11.1 Å². The largest absolute Gasteiger partial charge is 0.489 e. The number of aromatic amines is 1. The molecule has 0 unspecified atom stereocenters. The summed E-state index contributed by atoms with van der Waals surface area (Å²) in [5.74, 6) is 1.40. The van der Waals surface area contributed by atoms with Crippen molar-refractivity contribution in [1.82, 2.24) is 18.9 Å². The predicted molar refractivity (Wildman–Crippen MR) is 109 cm³/mol. The summed E-state index contributed by atoms with van der Waals surface area (Å²) < 4.78 is 14.2. The molecule has 0 aliphatic rings. The molecule has 7 nitrogen and oxygen atoms in total. The van der Waals surface area contributed by atoms with Crippen molar-refractivity contribution < 1.29 is 9.53 Å². The first kappa shape index (κ1) is 18.1. The van der Waals surface area contributed by atoms with Crippen LogP contribution in [-0.4, -0.2) is 24.9 Å². The molecule has 1 amide bonds. The van der Waals surface area contributed by atoms with Crippen LogP contribution in [0.1, 0.15) is 41.3 Å². The molecule has 28 heavy (non-hydrogen) atoms. The van der Waals surface area contributed by atoms with Crippen LogP contribution < -0.4 is 10.1 Å². The van der Waals surface area contributed by atoms with Crippen LogP contribution in [0.3, 0.4) is 0 Å². The number of anilines is 1. The summed E-state index contributed by atoms with van der Waals surface area (Å²) in [5, 5.41) is 9.71. The minimum absolute atomic E-state index is 0.195. The summed E-state index contributed by atoms with van der Waals surface area (Å²) in [6, 6.07) is 12.9. The number of fused-ring (bicyclic) bond motifs is 1. The molecule has 0 atom stereocenters. The number of carbonyl (C=O) groups excluding carboxylic acids is 1. The van der Waals surface area contributed by atoms with Crippen LogP contribution in [0, 0.1) is 0 Å². The van der Waals surface area contributed by atoms with Crippen molar-refractivity contribution in [2.24, 2.45) is 0 Å².